The molecule has 0 bridgehead atoms. The first kappa shape index (κ1) is 10.4. The van der Waals surface area contributed by atoms with Crippen molar-refractivity contribution in [1.29, 1.82) is 0 Å². The first-order valence-electron chi connectivity index (χ1n) is 4.50. The van der Waals surface area contributed by atoms with Gasteiger partial charge >= 0.3 is 0 Å². The van der Waals surface area contributed by atoms with Crippen LogP contribution in [0.4, 0.5) is 0 Å². The van der Waals surface area contributed by atoms with E-state index in [0.29, 0.717) is 24.2 Å². The number of ether oxygens (including phenoxy) is 1. The van der Waals surface area contributed by atoms with Crippen LogP contribution < -0.4 is 4.74 Å². The highest BCUT2D eigenvalue weighted by atomic mass is 16.5. The maximum atomic E-state index is 10.9. The molecule has 3 heteroatoms. The van der Waals surface area contributed by atoms with Crippen LogP contribution in [0.2, 0.25) is 0 Å². The zero-order valence-electron chi connectivity index (χ0n) is 8.03. The fraction of sp³-hybridized carbons (Fsp3) is 0.273. The second kappa shape index (κ2) is 5.17. The summed E-state index contributed by atoms with van der Waals surface area (Å²) in [7, 11) is 0. The van der Waals surface area contributed by atoms with Gasteiger partial charge in [0.05, 0.1) is 6.61 Å². The smallest absolute Gasteiger partial charge is 0.225 e. The lowest BCUT2D eigenvalue weighted by molar-refractivity contribution is -0.104. The van der Waals surface area contributed by atoms with Gasteiger partial charge in [-0.3, -0.25) is 9.59 Å². The lowest BCUT2D eigenvalue weighted by Crippen LogP contribution is -2.00. The molecule has 1 aromatic carbocycles. The van der Waals surface area contributed by atoms with Crippen LogP contribution in [-0.2, 0) is 4.79 Å². The molecule has 0 heterocycles. The zero-order chi connectivity index (χ0) is 10.4. The van der Waals surface area contributed by atoms with Gasteiger partial charge in [0.15, 0.2) is 6.29 Å². The predicted octanol–water partition coefficient (Wildman–Crippen LogP) is 1.86. The highest BCUT2D eigenvalue weighted by Gasteiger charge is 2.02. The van der Waals surface area contributed by atoms with Crippen molar-refractivity contribution in [2.24, 2.45) is 0 Å². The quantitative estimate of drug-likeness (QED) is 0.406. The Morgan fingerprint density at radius 2 is 2.00 bits per heavy atom. The molecule has 74 valence electrons. The van der Waals surface area contributed by atoms with E-state index >= 15 is 0 Å². The minimum Gasteiger partial charge on any atom is -0.494 e. The Hall–Kier alpha value is -1.64. The number of ketones is 1. The molecule has 0 aliphatic rings. The van der Waals surface area contributed by atoms with Gasteiger partial charge in [-0.05, 0) is 30.7 Å². The van der Waals surface area contributed by atoms with E-state index in [4.69, 9.17) is 4.74 Å². The molecule has 0 N–H and O–H groups in total. The van der Waals surface area contributed by atoms with Crippen molar-refractivity contribution in [2.45, 2.75) is 13.3 Å². The molecule has 1 rings (SSSR count). The van der Waals surface area contributed by atoms with Crippen LogP contribution in [0, 0.1) is 0 Å². The topological polar surface area (TPSA) is 43.4 Å². The highest BCUT2D eigenvalue weighted by Crippen LogP contribution is 2.12. The number of hydrogen-bond donors (Lipinski definition) is 0. The van der Waals surface area contributed by atoms with Crippen LogP contribution in [0.15, 0.2) is 24.3 Å². The van der Waals surface area contributed by atoms with Gasteiger partial charge in [-0.2, -0.15) is 0 Å². The molecule has 0 saturated carbocycles. The molecule has 1 aromatic rings. The van der Waals surface area contributed by atoms with Crippen LogP contribution >= 0.6 is 0 Å². The molecule has 0 amide bonds. The summed E-state index contributed by atoms with van der Waals surface area (Å²) in [5.41, 5.74) is 0.392. The van der Waals surface area contributed by atoms with Crippen molar-refractivity contribution in [2.75, 3.05) is 6.61 Å². The summed E-state index contributed by atoms with van der Waals surface area (Å²) in [5.74, 6) is 0.210. The lowest BCUT2D eigenvalue weighted by atomic mass is 10.1. The van der Waals surface area contributed by atoms with Gasteiger partial charge in [0, 0.05) is 5.56 Å². The summed E-state index contributed by atoms with van der Waals surface area (Å²) in [6, 6.07) is 6.54. The summed E-state index contributed by atoms with van der Waals surface area (Å²) < 4.78 is 5.32. The van der Waals surface area contributed by atoms with E-state index in [9.17, 15) is 9.59 Å². The number of carbonyl (C=O) groups is 2. The van der Waals surface area contributed by atoms with Crippen molar-refractivity contribution in [3.8, 4) is 5.75 Å². The van der Waals surface area contributed by atoms with Crippen molar-refractivity contribution in [3.63, 3.8) is 0 Å². The molecule has 0 radical (unpaired) electrons. The standard InChI is InChI=1S/C11H12O3/c1-2-7-14-10-5-3-9(4-6-10)11(13)8-12/h3-6,8H,2,7H2,1H3. The third-order valence-corrected chi connectivity index (χ3v) is 1.72. The van der Waals surface area contributed by atoms with Crippen molar-refractivity contribution in [1.82, 2.24) is 0 Å². The summed E-state index contributed by atoms with van der Waals surface area (Å²) in [6.45, 7) is 2.67. The van der Waals surface area contributed by atoms with Gasteiger partial charge in [-0.1, -0.05) is 6.92 Å². The first-order valence-corrected chi connectivity index (χ1v) is 4.50. The Balaban J connectivity index is 2.68. The molecule has 14 heavy (non-hydrogen) atoms. The molecule has 3 nitrogen and oxygen atoms in total. The van der Waals surface area contributed by atoms with E-state index in [1.165, 1.54) is 0 Å². The normalized spacial score (nSPS) is 9.50. The van der Waals surface area contributed by atoms with Gasteiger partial charge in [0.1, 0.15) is 5.75 Å². The van der Waals surface area contributed by atoms with E-state index < -0.39 is 5.78 Å². The lowest BCUT2D eigenvalue weighted by Gasteiger charge is -2.03. The highest BCUT2D eigenvalue weighted by molar-refractivity contribution is 6.33. The predicted molar refractivity (Wildman–Crippen MR) is 52.6 cm³/mol. The zero-order valence-corrected chi connectivity index (χ0v) is 8.03. The SMILES string of the molecule is CCCOc1ccc(C(=O)C=O)cc1. The summed E-state index contributed by atoms with van der Waals surface area (Å²) in [6.07, 6.45) is 1.25. The molecule has 0 aromatic heterocycles. The molecule has 0 unspecified atom stereocenters. The van der Waals surface area contributed by atoms with E-state index in [-0.39, 0.29) is 0 Å². The van der Waals surface area contributed by atoms with Crippen LogP contribution in [0.1, 0.15) is 23.7 Å². The summed E-state index contributed by atoms with van der Waals surface area (Å²) in [5, 5.41) is 0. The molecule has 0 aliphatic carbocycles. The van der Waals surface area contributed by atoms with E-state index in [1.807, 2.05) is 6.92 Å². The summed E-state index contributed by atoms with van der Waals surface area (Å²) >= 11 is 0. The number of Topliss-reactive ketones (excluding diaryl/α,β-unsaturated/α-hetero) is 1. The van der Waals surface area contributed by atoms with Crippen LogP contribution in [0.25, 0.3) is 0 Å². The average Bonchev–Trinajstić information content (AvgIpc) is 2.26. The number of rotatable bonds is 5. The first-order chi connectivity index (χ1) is 6.77. The third-order valence-electron chi connectivity index (χ3n) is 1.72. The van der Waals surface area contributed by atoms with Crippen molar-refractivity contribution in [3.05, 3.63) is 29.8 Å². The fourth-order valence-electron chi connectivity index (χ4n) is 1.00. The van der Waals surface area contributed by atoms with Crippen LogP contribution in [-0.4, -0.2) is 18.7 Å². The molecule has 0 saturated heterocycles. The van der Waals surface area contributed by atoms with Gasteiger partial charge in [0.25, 0.3) is 0 Å². The van der Waals surface area contributed by atoms with Crippen LogP contribution in [0.5, 0.6) is 5.75 Å². The molecular weight excluding hydrogens is 180 g/mol. The summed E-state index contributed by atoms with van der Waals surface area (Å²) in [4.78, 5) is 21.1. The third kappa shape index (κ3) is 2.69. The second-order valence-corrected chi connectivity index (χ2v) is 2.85. The monoisotopic (exact) mass is 192 g/mol. The number of benzene rings is 1. The van der Waals surface area contributed by atoms with Crippen LogP contribution in [0.3, 0.4) is 0 Å². The number of hydrogen-bond acceptors (Lipinski definition) is 3. The van der Waals surface area contributed by atoms with Gasteiger partial charge < -0.3 is 4.74 Å². The van der Waals surface area contributed by atoms with E-state index in [1.54, 1.807) is 24.3 Å². The number of carbonyl (C=O) groups excluding carboxylic acids is 2. The molecular formula is C11H12O3. The van der Waals surface area contributed by atoms with Gasteiger partial charge in [-0.15, -0.1) is 0 Å². The Labute approximate surface area is 82.7 Å². The maximum Gasteiger partial charge on any atom is 0.225 e. The molecule has 0 aliphatic heterocycles. The largest absolute Gasteiger partial charge is 0.494 e. The van der Waals surface area contributed by atoms with Crippen molar-refractivity contribution >= 4 is 12.1 Å². The second-order valence-electron chi connectivity index (χ2n) is 2.85. The fourth-order valence-corrected chi connectivity index (χ4v) is 1.00. The maximum absolute atomic E-state index is 10.9. The van der Waals surface area contributed by atoms with E-state index in [0.717, 1.165) is 6.42 Å². The Bertz CT molecular complexity index is 314. The Kier molecular flexibility index (Phi) is 3.85. The Morgan fingerprint density at radius 3 is 2.50 bits per heavy atom. The van der Waals surface area contributed by atoms with Crippen molar-refractivity contribution < 1.29 is 14.3 Å². The van der Waals surface area contributed by atoms with E-state index in [2.05, 4.69) is 0 Å². The average molecular weight is 192 g/mol. The molecule has 0 spiro atoms. The van der Waals surface area contributed by atoms with Gasteiger partial charge in [0.2, 0.25) is 5.78 Å². The Morgan fingerprint density at radius 1 is 1.36 bits per heavy atom. The number of aldehydes is 1. The minimum atomic E-state index is -0.507. The van der Waals surface area contributed by atoms with Gasteiger partial charge in [-0.25, -0.2) is 0 Å². The molecule has 0 atom stereocenters. The molecule has 0 fully saturated rings. The minimum absolute atomic E-state index is 0.307.